The fraction of sp³-hybridized carbons (Fsp3) is 0.278. The number of nitrogens with zero attached hydrogens (tertiary/aromatic N) is 1. The van der Waals surface area contributed by atoms with Gasteiger partial charge in [-0.1, -0.05) is 23.7 Å². The zero-order chi connectivity index (χ0) is 20.0. The van der Waals surface area contributed by atoms with Crippen LogP contribution in [0.5, 0.6) is 5.75 Å². The van der Waals surface area contributed by atoms with Crippen LogP contribution in [-0.2, 0) is 14.8 Å². The molecule has 0 aliphatic heterocycles. The third-order valence-corrected chi connectivity index (χ3v) is 6.47. The number of carbonyl (C=O) groups is 1. The van der Waals surface area contributed by atoms with Crippen LogP contribution in [0.1, 0.15) is 13.8 Å². The number of hydrogen-bond donors (Lipinski definition) is 1. The molecule has 0 saturated heterocycles. The van der Waals surface area contributed by atoms with E-state index in [1.807, 2.05) is 13.8 Å². The van der Waals surface area contributed by atoms with Crippen molar-refractivity contribution >= 4 is 49.1 Å². The molecule has 0 saturated carbocycles. The highest BCUT2D eigenvalue weighted by atomic mass is 79.9. The quantitative estimate of drug-likeness (QED) is 0.622. The minimum Gasteiger partial charge on any atom is -0.482 e. The van der Waals surface area contributed by atoms with E-state index in [0.29, 0.717) is 23.3 Å². The van der Waals surface area contributed by atoms with E-state index < -0.39 is 10.0 Å². The summed E-state index contributed by atoms with van der Waals surface area (Å²) in [6, 6.07) is 11.0. The molecule has 2 rings (SSSR count). The molecule has 0 aliphatic rings. The van der Waals surface area contributed by atoms with Crippen LogP contribution in [0.15, 0.2) is 51.8 Å². The van der Waals surface area contributed by atoms with Gasteiger partial charge in [-0.25, -0.2) is 8.42 Å². The van der Waals surface area contributed by atoms with Crippen molar-refractivity contribution in [2.75, 3.05) is 24.4 Å². The number of amides is 1. The van der Waals surface area contributed by atoms with E-state index in [4.69, 9.17) is 16.3 Å². The van der Waals surface area contributed by atoms with E-state index in [1.165, 1.54) is 24.3 Å². The van der Waals surface area contributed by atoms with Crippen LogP contribution < -0.4 is 9.46 Å². The minimum atomic E-state index is -3.77. The van der Waals surface area contributed by atoms with Crippen LogP contribution >= 0.6 is 27.5 Å². The standard InChI is InChI=1S/C18H20BrClN2O4S/c1-3-22(4-2)18(23)12-26-16-10-9-13(11-15(16)20)21-27(24,25)17-8-6-5-7-14(17)19/h5-11,21H,3-4,12H2,1-2H3. The third kappa shape index (κ3) is 5.60. The maximum atomic E-state index is 12.5. The molecule has 0 spiro atoms. The average molecular weight is 476 g/mol. The van der Waals surface area contributed by atoms with Gasteiger partial charge in [-0.3, -0.25) is 9.52 Å². The molecule has 0 aromatic heterocycles. The number of halogens is 2. The largest absolute Gasteiger partial charge is 0.482 e. The number of benzene rings is 2. The molecule has 2 aromatic carbocycles. The van der Waals surface area contributed by atoms with Gasteiger partial charge < -0.3 is 9.64 Å². The Hall–Kier alpha value is -1.77. The van der Waals surface area contributed by atoms with Gasteiger partial charge in [0.15, 0.2) is 6.61 Å². The van der Waals surface area contributed by atoms with Crippen molar-refractivity contribution < 1.29 is 17.9 Å². The van der Waals surface area contributed by atoms with Crippen molar-refractivity contribution in [2.24, 2.45) is 0 Å². The van der Waals surface area contributed by atoms with Gasteiger partial charge >= 0.3 is 0 Å². The van der Waals surface area contributed by atoms with Gasteiger partial charge in [0, 0.05) is 17.6 Å². The highest BCUT2D eigenvalue weighted by Crippen LogP contribution is 2.30. The summed E-state index contributed by atoms with van der Waals surface area (Å²) in [4.78, 5) is 13.8. The maximum absolute atomic E-state index is 12.5. The van der Waals surface area contributed by atoms with E-state index in [1.54, 1.807) is 23.1 Å². The average Bonchev–Trinajstić information content (AvgIpc) is 2.62. The number of ether oxygens (including phenoxy) is 1. The lowest BCUT2D eigenvalue weighted by molar-refractivity contribution is -0.132. The predicted octanol–water partition coefficient (Wildman–Crippen LogP) is 4.15. The lowest BCUT2D eigenvalue weighted by atomic mass is 10.3. The predicted molar refractivity (Wildman–Crippen MR) is 110 cm³/mol. The van der Waals surface area contributed by atoms with Crippen LogP contribution in [0.2, 0.25) is 5.02 Å². The normalized spacial score (nSPS) is 11.1. The fourth-order valence-electron chi connectivity index (χ4n) is 2.36. The molecule has 2 aromatic rings. The van der Waals surface area contributed by atoms with Crippen molar-refractivity contribution in [3.63, 3.8) is 0 Å². The van der Waals surface area contributed by atoms with Crippen molar-refractivity contribution in [3.05, 3.63) is 52.0 Å². The second kappa shape index (κ2) is 9.43. The monoisotopic (exact) mass is 474 g/mol. The molecule has 0 unspecified atom stereocenters. The van der Waals surface area contributed by atoms with Gasteiger partial charge in [0.1, 0.15) is 10.6 Å². The first-order chi connectivity index (χ1) is 12.8. The summed E-state index contributed by atoms with van der Waals surface area (Å²) in [5.41, 5.74) is 0.290. The van der Waals surface area contributed by atoms with E-state index in [-0.39, 0.29) is 28.1 Å². The Morgan fingerprint density at radius 3 is 2.44 bits per heavy atom. The van der Waals surface area contributed by atoms with Crippen LogP contribution in [0.25, 0.3) is 0 Å². The summed E-state index contributed by atoms with van der Waals surface area (Å²) >= 11 is 9.40. The van der Waals surface area contributed by atoms with Crippen LogP contribution in [0, 0.1) is 0 Å². The van der Waals surface area contributed by atoms with E-state index >= 15 is 0 Å². The fourth-order valence-corrected chi connectivity index (χ4v) is 4.65. The lowest BCUT2D eigenvalue weighted by Crippen LogP contribution is -2.34. The molecular weight excluding hydrogens is 456 g/mol. The number of rotatable bonds is 8. The second-order valence-electron chi connectivity index (χ2n) is 5.54. The Bertz CT molecular complexity index is 917. The van der Waals surface area contributed by atoms with Crippen molar-refractivity contribution in [1.29, 1.82) is 0 Å². The Labute approximate surface area is 172 Å². The van der Waals surface area contributed by atoms with Gasteiger partial charge in [0.2, 0.25) is 0 Å². The summed E-state index contributed by atoms with van der Waals surface area (Å²) in [6.07, 6.45) is 0. The van der Waals surface area contributed by atoms with Crippen LogP contribution in [-0.4, -0.2) is 38.9 Å². The van der Waals surface area contributed by atoms with Gasteiger partial charge in [-0.15, -0.1) is 0 Å². The number of nitrogens with one attached hydrogen (secondary N) is 1. The number of sulfonamides is 1. The SMILES string of the molecule is CCN(CC)C(=O)COc1ccc(NS(=O)(=O)c2ccccc2Br)cc1Cl. The van der Waals surface area contributed by atoms with Crippen LogP contribution in [0.4, 0.5) is 5.69 Å². The van der Waals surface area contributed by atoms with E-state index in [9.17, 15) is 13.2 Å². The third-order valence-electron chi connectivity index (χ3n) is 3.78. The summed E-state index contributed by atoms with van der Waals surface area (Å²) in [7, 11) is -3.77. The number of likely N-dealkylation sites (N-methyl/N-ethyl adjacent to an activating group) is 1. The molecule has 1 amide bonds. The van der Waals surface area contributed by atoms with Crippen LogP contribution in [0.3, 0.4) is 0 Å². The van der Waals surface area contributed by atoms with E-state index in [0.717, 1.165) is 0 Å². The van der Waals surface area contributed by atoms with Gasteiger partial charge in [-0.2, -0.15) is 0 Å². The van der Waals surface area contributed by atoms with Gasteiger partial charge in [0.25, 0.3) is 15.9 Å². The first kappa shape index (κ1) is 21.5. The Kier molecular flexibility index (Phi) is 7.52. The molecule has 1 N–H and O–H groups in total. The first-order valence-electron chi connectivity index (χ1n) is 8.26. The lowest BCUT2D eigenvalue weighted by Gasteiger charge is -2.19. The molecule has 0 heterocycles. The highest BCUT2D eigenvalue weighted by Gasteiger charge is 2.18. The Balaban J connectivity index is 2.10. The molecule has 0 aliphatic carbocycles. The summed E-state index contributed by atoms with van der Waals surface area (Å²) in [5, 5.41) is 0.203. The zero-order valence-electron chi connectivity index (χ0n) is 14.9. The maximum Gasteiger partial charge on any atom is 0.263 e. The zero-order valence-corrected chi connectivity index (χ0v) is 18.1. The molecule has 27 heavy (non-hydrogen) atoms. The van der Waals surface area contributed by atoms with E-state index in [2.05, 4.69) is 20.7 Å². The molecule has 0 fully saturated rings. The first-order valence-corrected chi connectivity index (χ1v) is 10.9. The van der Waals surface area contributed by atoms with Crippen molar-refractivity contribution in [1.82, 2.24) is 4.90 Å². The molecule has 0 bridgehead atoms. The Morgan fingerprint density at radius 2 is 1.85 bits per heavy atom. The summed E-state index contributed by atoms with van der Waals surface area (Å²) < 4.78 is 33.4. The highest BCUT2D eigenvalue weighted by molar-refractivity contribution is 9.10. The molecular formula is C18H20BrClN2O4S. The van der Waals surface area contributed by atoms with Gasteiger partial charge in [-0.05, 0) is 60.1 Å². The molecule has 146 valence electrons. The van der Waals surface area contributed by atoms with Gasteiger partial charge in [0.05, 0.1) is 10.7 Å². The second-order valence-corrected chi connectivity index (χ2v) is 8.45. The summed E-state index contributed by atoms with van der Waals surface area (Å²) in [5.74, 6) is 0.163. The number of hydrogen-bond acceptors (Lipinski definition) is 4. The minimum absolute atomic E-state index is 0.117. The molecule has 6 nitrogen and oxygen atoms in total. The van der Waals surface area contributed by atoms with Crippen molar-refractivity contribution in [2.45, 2.75) is 18.7 Å². The summed E-state index contributed by atoms with van der Waals surface area (Å²) in [6.45, 7) is 4.84. The number of carbonyl (C=O) groups excluding carboxylic acids is 1. The Morgan fingerprint density at radius 1 is 1.19 bits per heavy atom. The molecule has 9 heteroatoms. The topological polar surface area (TPSA) is 75.7 Å². The smallest absolute Gasteiger partial charge is 0.263 e. The van der Waals surface area contributed by atoms with Crippen molar-refractivity contribution in [3.8, 4) is 5.75 Å². The molecule has 0 atom stereocenters. The molecule has 0 radical (unpaired) electrons. The number of anilines is 1.